The van der Waals surface area contributed by atoms with E-state index in [0.29, 0.717) is 6.42 Å². The van der Waals surface area contributed by atoms with E-state index in [2.05, 4.69) is 27.9 Å². The second-order valence-electron chi connectivity index (χ2n) is 5.87. The molecule has 4 nitrogen and oxygen atoms in total. The molecule has 0 aromatic heterocycles. The number of benzene rings is 1. The maximum absolute atomic E-state index is 12.3. The van der Waals surface area contributed by atoms with Crippen molar-refractivity contribution in [2.45, 2.75) is 44.9 Å². The van der Waals surface area contributed by atoms with Crippen LogP contribution >= 0.6 is 22.6 Å². The number of carbonyl (C=O) groups excluding carboxylic acids is 1. The van der Waals surface area contributed by atoms with E-state index in [9.17, 15) is 9.59 Å². The maximum Gasteiger partial charge on any atom is 0.303 e. The fraction of sp³-hybridized carbons (Fsp3) is 0.500. The summed E-state index contributed by atoms with van der Waals surface area (Å²) in [6.07, 6.45) is 5.23. The highest BCUT2D eigenvalue weighted by atomic mass is 127. The lowest BCUT2D eigenvalue weighted by molar-refractivity contribution is -0.140. The summed E-state index contributed by atoms with van der Waals surface area (Å²) in [6, 6.07) is 7.61. The molecule has 21 heavy (non-hydrogen) atoms. The van der Waals surface area contributed by atoms with Crippen molar-refractivity contribution in [1.82, 2.24) is 0 Å². The molecule has 0 heterocycles. The number of hydrogen-bond acceptors (Lipinski definition) is 2. The summed E-state index contributed by atoms with van der Waals surface area (Å²) in [5.74, 6) is -0.890. The first kappa shape index (κ1) is 16.3. The van der Waals surface area contributed by atoms with Gasteiger partial charge in [0.25, 0.3) is 0 Å². The Labute approximate surface area is 138 Å². The quantitative estimate of drug-likeness (QED) is 0.732. The molecule has 1 aliphatic rings. The van der Waals surface area contributed by atoms with Crippen LogP contribution in [0.3, 0.4) is 0 Å². The number of carboxylic acids is 1. The molecule has 0 saturated heterocycles. The standard InChI is InChI=1S/C16H20INO3/c17-12-5-4-6-13(9-12)18-14(19)10-16(11-15(20)21)7-2-1-3-8-16/h4-6,9H,1-3,7-8,10-11H2,(H,18,19)(H,20,21). The van der Waals surface area contributed by atoms with Crippen molar-refractivity contribution in [3.63, 3.8) is 0 Å². The molecule has 1 amide bonds. The second kappa shape index (κ2) is 7.24. The van der Waals surface area contributed by atoms with Crippen LogP contribution in [0.15, 0.2) is 24.3 Å². The summed E-state index contributed by atoms with van der Waals surface area (Å²) in [6.45, 7) is 0. The fourth-order valence-corrected chi connectivity index (χ4v) is 3.69. The van der Waals surface area contributed by atoms with E-state index in [1.54, 1.807) is 0 Å². The summed E-state index contributed by atoms with van der Waals surface area (Å²) >= 11 is 2.20. The predicted molar refractivity (Wildman–Crippen MR) is 90.2 cm³/mol. The van der Waals surface area contributed by atoms with Crippen LogP contribution < -0.4 is 5.32 Å². The molecular formula is C16H20INO3. The third kappa shape index (κ3) is 4.98. The van der Waals surface area contributed by atoms with E-state index in [1.807, 2.05) is 24.3 Å². The van der Waals surface area contributed by atoms with E-state index in [-0.39, 0.29) is 17.7 Å². The molecule has 1 aromatic carbocycles. The van der Waals surface area contributed by atoms with Crippen molar-refractivity contribution in [3.05, 3.63) is 27.8 Å². The third-order valence-electron chi connectivity index (χ3n) is 4.08. The van der Waals surface area contributed by atoms with Gasteiger partial charge in [-0.3, -0.25) is 9.59 Å². The molecule has 2 rings (SSSR count). The minimum atomic E-state index is -0.807. The Balaban J connectivity index is 2.02. The molecule has 1 aliphatic carbocycles. The van der Waals surface area contributed by atoms with Crippen molar-refractivity contribution in [2.75, 3.05) is 5.32 Å². The Morgan fingerprint density at radius 2 is 1.90 bits per heavy atom. The van der Waals surface area contributed by atoms with Crippen LogP contribution in [-0.2, 0) is 9.59 Å². The van der Waals surface area contributed by atoms with E-state index >= 15 is 0 Å². The normalized spacial score (nSPS) is 17.2. The Morgan fingerprint density at radius 1 is 1.19 bits per heavy atom. The summed E-state index contributed by atoms with van der Waals surface area (Å²) in [7, 11) is 0. The molecule has 1 fully saturated rings. The van der Waals surface area contributed by atoms with Crippen LogP contribution in [0.25, 0.3) is 0 Å². The van der Waals surface area contributed by atoms with Crippen LogP contribution in [-0.4, -0.2) is 17.0 Å². The van der Waals surface area contributed by atoms with Crippen LogP contribution in [0.1, 0.15) is 44.9 Å². The lowest BCUT2D eigenvalue weighted by Crippen LogP contribution is -2.32. The minimum Gasteiger partial charge on any atom is -0.481 e. The summed E-state index contributed by atoms with van der Waals surface area (Å²) in [5.41, 5.74) is 0.406. The highest BCUT2D eigenvalue weighted by Crippen LogP contribution is 2.42. The number of hydrogen-bond donors (Lipinski definition) is 2. The molecule has 2 N–H and O–H groups in total. The SMILES string of the molecule is O=C(O)CC1(CC(=O)Nc2cccc(I)c2)CCCCC1. The van der Waals surface area contributed by atoms with Crippen LogP contribution in [0.4, 0.5) is 5.69 Å². The molecule has 114 valence electrons. The van der Waals surface area contributed by atoms with Gasteiger partial charge in [0.2, 0.25) is 5.91 Å². The molecule has 5 heteroatoms. The molecule has 1 aromatic rings. The predicted octanol–water partition coefficient (Wildman–Crippen LogP) is 4.05. The molecular weight excluding hydrogens is 381 g/mol. The van der Waals surface area contributed by atoms with Gasteiger partial charge >= 0.3 is 5.97 Å². The van der Waals surface area contributed by atoms with Gasteiger partial charge in [0.05, 0.1) is 6.42 Å². The van der Waals surface area contributed by atoms with Gasteiger partial charge in [0.1, 0.15) is 0 Å². The number of aliphatic carboxylic acids is 1. The monoisotopic (exact) mass is 401 g/mol. The zero-order valence-corrected chi connectivity index (χ0v) is 14.1. The molecule has 1 saturated carbocycles. The second-order valence-corrected chi connectivity index (χ2v) is 7.11. The third-order valence-corrected chi connectivity index (χ3v) is 4.76. The number of nitrogens with one attached hydrogen (secondary N) is 1. The average Bonchev–Trinajstić information content (AvgIpc) is 2.38. The Bertz CT molecular complexity index is 524. The highest BCUT2D eigenvalue weighted by molar-refractivity contribution is 14.1. The Morgan fingerprint density at radius 3 is 2.52 bits per heavy atom. The first-order valence-electron chi connectivity index (χ1n) is 7.26. The summed E-state index contributed by atoms with van der Waals surface area (Å²) in [4.78, 5) is 23.4. The van der Waals surface area contributed by atoms with Gasteiger partial charge in [-0.2, -0.15) is 0 Å². The van der Waals surface area contributed by atoms with Crippen LogP contribution in [0.5, 0.6) is 0 Å². The van der Waals surface area contributed by atoms with Gasteiger partial charge in [-0.15, -0.1) is 0 Å². The van der Waals surface area contributed by atoms with Gasteiger partial charge in [-0.05, 0) is 59.0 Å². The maximum atomic E-state index is 12.3. The Kier molecular flexibility index (Phi) is 5.61. The number of anilines is 1. The number of carbonyl (C=O) groups is 2. The zero-order valence-electron chi connectivity index (χ0n) is 11.9. The fourth-order valence-electron chi connectivity index (χ4n) is 3.15. The smallest absolute Gasteiger partial charge is 0.303 e. The summed E-state index contributed by atoms with van der Waals surface area (Å²) < 4.78 is 1.06. The van der Waals surface area contributed by atoms with Crippen molar-refractivity contribution < 1.29 is 14.7 Å². The molecule has 0 bridgehead atoms. The zero-order chi connectivity index (χ0) is 15.3. The van der Waals surface area contributed by atoms with E-state index in [0.717, 1.165) is 41.4 Å². The molecule has 0 unspecified atom stereocenters. The van der Waals surface area contributed by atoms with E-state index in [4.69, 9.17) is 5.11 Å². The van der Waals surface area contributed by atoms with Crippen LogP contribution in [0.2, 0.25) is 0 Å². The summed E-state index contributed by atoms with van der Waals surface area (Å²) in [5, 5.41) is 12.0. The molecule has 0 radical (unpaired) electrons. The average molecular weight is 401 g/mol. The number of halogens is 1. The molecule has 0 spiro atoms. The van der Waals surface area contributed by atoms with Crippen molar-refractivity contribution in [2.24, 2.45) is 5.41 Å². The first-order chi connectivity index (χ1) is 9.99. The number of amides is 1. The van der Waals surface area contributed by atoms with Crippen molar-refractivity contribution >= 4 is 40.2 Å². The molecule has 0 atom stereocenters. The Hall–Kier alpha value is -1.11. The van der Waals surface area contributed by atoms with Gasteiger partial charge in [-0.25, -0.2) is 0 Å². The van der Waals surface area contributed by atoms with E-state index < -0.39 is 5.97 Å². The van der Waals surface area contributed by atoms with Gasteiger partial charge < -0.3 is 10.4 Å². The first-order valence-corrected chi connectivity index (χ1v) is 8.34. The van der Waals surface area contributed by atoms with Crippen molar-refractivity contribution in [1.29, 1.82) is 0 Å². The number of rotatable bonds is 5. The van der Waals surface area contributed by atoms with Gasteiger partial charge in [0, 0.05) is 15.7 Å². The molecule has 0 aliphatic heterocycles. The van der Waals surface area contributed by atoms with Crippen LogP contribution in [0, 0.1) is 8.99 Å². The van der Waals surface area contributed by atoms with Crippen molar-refractivity contribution in [3.8, 4) is 0 Å². The lowest BCUT2D eigenvalue weighted by Gasteiger charge is -2.35. The minimum absolute atomic E-state index is 0.0832. The van der Waals surface area contributed by atoms with Gasteiger partial charge in [-0.1, -0.05) is 25.3 Å². The topological polar surface area (TPSA) is 66.4 Å². The van der Waals surface area contributed by atoms with E-state index in [1.165, 1.54) is 0 Å². The van der Waals surface area contributed by atoms with Gasteiger partial charge in [0.15, 0.2) is 0 Å². The largest absolute Gasteiger partial charge is 0.481 e. The highest BCUT2D eigenvalue weighted by Gasteiger charge is 2.36. The number of carboxylic acid groups (broad SMARTS) is 1. The lowest BCUT2D eigenvalue weighted by atomic mass is 9.69.